The van der Waals surface area contributed by atoms with E-state index >= 15 is 0 Å². The van der Waals surface area contributed by atoms with Gasteiger partial charge in [-0.1, -0.05) is 84.8 Å². The Labute approximate surface area is 871 Å². The number of carbonyl (C=O) groups is 7. The summed E-state index contributed by atoms with van der Waals surface area (Å²) in [6.07, 6.45) is 44.6. The van der Waals surface area contributed by atoms with Gasteiger partial charge in [0.25, 0.3) is 29.5 Å². The van der Waals surface area contributed by atoms with Crippen LogP contribution in [0.4, 0.5) is 0 Å². The summed E-state index contributed by atoms with van der Waals surface area (Å²) >= 11 is 18.8. The van der Waals surface area contributed by atoms with Crippen LogP contribution in [0.25, 0.3) is 85.1 Å². The number of nitriles is 2. The van der Waals surface area contributed by atoms with Crippen molar-refractivity contribution in [2.24, 2.45) is 11.8 Å². The van der Waals surface area contributed by atoms with E-state index in [2.05, 4.69) is 46.7 Å². The Bertz CT molecular complexity index is 7700. The number of rotatable bonds is 22. The zero-order valence-electron chi connectivity index (χ0n) is 77.4. The number of benzene rings is 3. The van der Waals surface area contributed by atoms with Crippen LogP contribution >= 0.6 is 102 Å². The van der Waals surface area contributed by atoms with Gasteiger partial charge in [0.2, 0.25) is 11.8 Å². The highest BCUT2D eigenvalue weighted by molar-refractivity contribution is 7.12. The SMILES string of the molecule is CC(O)N1CCC(C(=O)n2ccc(/C=C/c3cccs3)n2)CC1.N#Cc1ccc(C(=O)n2ccc(/C=C/c3cccs3)n2)cc1.N#Cc1cccc(C(=O)n2ccc(/C=C/c3cccs3)n2)c1.O=C(C1CCC1)n1ccc(/C=C/c2cccs2)n1.O=C(c1ccc(Cl)nc1)n1ccc(/C=C/c2cccs2)n1.O=C(c1ccccc1)n1ccc(/C=C/c2cccs2)n1.O=C(c1ccsc1)n1ccc(/C=C/c2cccs2)n1. The molecule has 2 fully saturated rings. The van der Waals surface area contributed by atoms with Gasteiger partial charge in [0.1, 0.15) is 11.4 Å². The molecule has 1 saturated carbocycles. The molecule has 0 amide bonds. The smallest absolute Gasteiger partial charge is 0.279 e. The highest BCUT2D eigenvalue weighted by Gasteiger charge is 2.29. The van der Waals surface area contributed by atoms with Gasteiger partial charge in [0.05, 0.1) is 74.2 Å². The maximum Gasteiger partial charge on any atom is 0.279 e. The third-order valence-electron chi connectivity index (χ3n) is 21.6. The second kappa shape index (κ2) is 53.2. The molecule has 35 heteroatoms. The molecule has 0 bridgehead atoms. The predicted octanol–water partition coefficient (Wildman–Crippen LogP) is 25.2. The number of pyridine rings is 1. The van der Waals surface area contributed by atoms with Crippen LogP contribution in [0.2, 0.25) is 5.15 Å². The fourth-order valence-corrected chi connectivity index (χ4v) is 18.8. The first-order chi connectivity index (χ1) is 70.8. The number of aliphatic hydroxyl groups is 1. The molecule has 17 heterocycles. The van der Waals surface area contributed by atoms with E-state index in [0.29, 0.717) is 49.8 Å². The van der Waals surface area contributed by atoms with Crippen molar-refractivity contribution in [3.05, 3.63) is 441 Å². The van der Waals surface area contributed by atoms with E-state index in [1.54, 1.807) is 227 Å². The first-order valence-corrected chi connectivity index (χ1v) is 52.7. The van der Waals surface area contributed by atoms with Gasteiger partial charge in [-0.3, -0.25) is 38.5 Å². The quantitative estimate of drug-likeness (QED) is 0.0616. The molecule has 26 nitrogen and oxygen atoms in total. The van der Waals surface area contributed by atoms with Crippen molar-refractivity contribution in [3.8, 4) is 12.1 Å². The molecule has 1 aliphatic carbocycles. The van der Waals surface area contributed by atoms with Crippen LogP contribution in [0.3, 0.4) is 0 Å². The Hall–Kier alpha value is -16.1. The molecule has 1 aliphatic heterocycles. The number of hydrogen-bond donors (Lipinski definition) is 1. The van der Waals surface area contributed by atoms with Crippen LogP contribution in [-0.2, 0) is 0 Å². The minimum atomic E-state index is -0.440. The van der Waals surface area contributed by atoms with E-state index in [1.807, 2.05) is 272 Å². The van der Waals surface area contributed by atoms with Crippen molar-refractivity contribution < 1.29 is 38.7 Å². The van der Waals surface area contributed by atoms with Gasteiger partial charge in [-0.05, 0) is 318 Å². The van der Waals surface area contributed by atoms with E-state index in [0.717, 1.165) is 97.3 Å². The topological polar surface area (TPSA) is 328 Å². The van der Waals surface area contributed by atoms with E-state index in [-0.39, 0.29) is 53.2 Å². The number of piperidine rings is 1. The molecule has 1 unspecified atom stereocenters. The number of nitrogens with zero attached hydrogens (tertiary/aromatic N) is 18. The second-order valence-corrected chi connectivity index (χ2v) is 39.7. The summed E-state index contributed by atoms with van der Waals surface area (Å²) in [4.78, 5) is 99.5. The molecule has 16 aromatic heterocycles. The normalized spacial score (nSPS) is 12.8. The molecule has 0 radical (unpaired) electrons. The van der Waals surface area contributed by atoms with E-state index in [1.165, 1.54) is 66.5 Å². The molecule has 21 rings (SSSR count). The van der Waals surface area contributed by atoms with Gasteiger partial charge in [0, 0.05) is 131 Å². The zero-order chi connectivity index (χ0) is 101. The highest BCUT2D eigenvalue weighted by Crippen LogP contribution is 2.29. The Kier molecular flexibility index (Phi) is 37.9. The lowest BCUT2D eigenvalue weighted by Crippen LogP contribution is -2.42. The van der Waals surface area contributed by atoms with E-state index < -0.39 is 6.23 Å². The Morgan fingerprint density at radius 3 is 0.945 bits per heavy atom. The molecule has 2 aliphatic rings. The van der Waals surface area contributed by atoms with Crippen LogP contribution in [0.5, 0.6) is 0 Å². The highest BCUT2D eigenvalue weighted by atomic mass is 35.5. The zero-order valence-corrected chi connectivity index (χ0v) is 84.7. The largest absolute Gasteiger partial charge is 0.379 e. The molecule has 722 valence electrons. The molecule has 19 aromatic rings. The standard InChI is InChI=1S/C17H21N3O2S.2C17H11N3OS.C16H12N2OS.C15H10ClN3OS.C14H10N2OS2.C14H14N2OS/c1-13(21)19-9-6-14(7-10-19)17(22)20-11-8-15(18-20)4-5-16-3-2-12-23-16;18-12-13-3-1-4-14(11-13)17(21)20-9-8-15(19-20)6-7-16-5-2-10-22-16;18-12-13-3-5-14(6-4-13)17(21)20-10-9-15(19-20)7-8-16-2-1-11-22-16;19-16(13-5-2-1-3-6-13)18-11-10-14(17-18)8-9-15-7-4-12-20-15;16-14-6-3-11(10-17-14)15(20)19-8-7-12(18-19)4-5-13-2-1-9-21-13;17-14(11-6-9-18-10-11)16-7-5-12(15-16)3-4-13-2-1-8-19-13;17-14(11-3-1-4-11)16-9-8-12(15-16)6-7-13-5-2-10-18-13/h2-5,8,11-14,21H,6-7,9-10H2,1H3;2*1-11H;1-12H;1-10H;1-10H;2,5-11H,1,3-4H2/b5-4+;7-6+;8-7+;9-8+;5-4+;4-3+;7-6+. The van der Waals surface area contributed by atoms with E-state index in [9.17, 15) is 38.7 Å². The van der Waals surface area contributed by atoms with Crippen LogP contribution in [-0.4, -0.2) is 144 Å². The summed E-state index contributed by atoms with van der Waals surface area (Å²) in [5.41, 5.74) is 8.96. The molecule has 145 heavy (non-hydrogen) atoms. The van der Waals surface area contributed by atoms with Crippen LogP contribution in [0.1, 0.15) is 186 Å². The second-order valence-electron chi connectivity index (χ2n) is 31.6. The minimum absolute atomic E-state index is 0.0148. The lowest BCUT2D eigenvalue weighted by Gasteiger charge is -2.32. The van der Waals surface area contributed by atoms with Gasteiger partial charge >= 0.3 is 0 Å². The average molecular weight is 2080 g/mol. The molecule has 1 N–H and O–H groups in total. The fourth-order valence-electron chi connectivity index (χ4n) is 13.8. The van der Waals surface area contributed by atoms with Crippen molar-refractivity contribution >= 4 is 229 Å². The lowest BCUT2D eigenvalue weighted by atomic mass is 9.85. The maximum atomic E-state index is 12.5. The van der Waals surface area contributed by atoms with Gasteiger partial charge in [0.15, 0.2) is 0 Å². The summed E-state index contributed by atoms with van der Waals surface area (Å²) in [5, 5.41) is 75.3. The van der Waals surface area contributed by atoms with Crippen molar-refractivity contribution in [2.75, 3.05) is 13.1 Å². The van der Waals surface area contributed by atoms with Crippen molar-refractivity contribution in [3.63, 3.8) is 0 Å². The summed E-state index contributed by atoms with van der Waals surface area (Å²) in [6.45, 7) is 3.27. The first-order valence-electron chi connectivity index (χ1n) is 45.2. The van der Waals surface area contributed by atoms with Gasteiger partial charge in [-0.25, -0.2) is 37.8 Å². The first kappa shape index (κ1) is 103. The monoisotopic (exact) mass is 2080 g/mol. The van der Waals surface area contributed by atoms with Crippen molar-refractivity contribution in [2.45, 2.75) is 45.3 Å². The molecular formula is C110H89ClN18O8S8. The third kappa shape index (κ3) is 31.0. The number of thiophene rings is 8. The molecule has 1 atom stereocenters. The summed E-state index contributed by atoms with van der Waals surface area (Å²) in [5.74, 6) is -0.581. The average Bonchev–Trinajstić information content (AvgIpc) is 1.76. The maximum absolute atomic E-state index is 12.5. The molecule has 3 aromatic carbocycles. The number of halogens is 1. The Balaban J connectivity index is 0.000000127. The summed E-state index contributed by atoms with van der Waals surface area (Å²) < 4.78 is 9.55. The van der Waals surface area contributed by atoms with Crippen molar-refractivity contribution in [1.82, 2.24) is 78.3 Å². The van der Waals surface area contributed by atoms with Crippen LogP contribution in [0, 0.1) is 34.5 Å². The Morgan fingerprint density at radius 2 is 0.641 bits per heavy atom. The molecular weight excluding hydrogens is 1990 g/mol. The Morgan fingerprint density at radius 1 is 0.331 bits per heavy atom. The van der Waals surface area contributed by atoms with Crippen molar-refractivity contribution in [1.29, 1.82) is 10.5 Å². The fraction of sp³-hybridized carbons (Fsp3) is 0.100. The van der Waals surface area contributed by atoms with Gasteiger partial charge in [-0.15, -0.1) is 79.4 Å². The molecule has 1 saturated heterocycles. The predicted molar refractivity (Wildman–Crippen MR) is 584 cm³/mol. The van der Waals surface area contributed by atoms with E-state index in [4.69, 9.17) is 22.1 Å². The number of aliphatic hydroxyl groups excluding tert-OH is 1. The lowest BCUT2D eigenvalue weighted by molar-refractivity contribution is -0.00327. The minimum Gasteiger partial charge on any atom is -0.379 e. The van der Waals surface area contributed by atoms with Crippen LogP contribution in [0.15, 0.2) is 322 Å². The summed E-state index contributed by atoms with van der Waals surface area (Å²) in [6, 6.07) is 72.2. The van der Waals surface area contributed by atoms with Gasteiger partial charge in [-0.2, -0.15) is 57.6 Å². The molecule has 0 spiro atoms. The van der Waals surface area contributed by atoms with Crippen LogP contribution < -0.4 is 0 Å². The third-order valence-corrected chi connectivity index (χ3v) is 28.4. The number of carbonyl (C=O) groups excluding carboxylic acids is 7. The van der Waals surface area contributed by atoms with Gasteiger partial charge < -0.3 is 5.11 Å². The number of hydrogen-bond acceptors (Lipinski definition) is 27. The number of aromatic nitrogens is 15. The number of likely N-dealkylation sites (tertiary alicyclic amines) is 1. The summed E-state index contributed by atoms with van der Waals surface area (Å²) in [7, 11) is 0.